The summed E-state index contributed by atoms with van der Waals surface area (Å²) in [5, 5.41) is 10.2. The number of hydrogen-bond acceptors (Lipinski definition) is 6. The Morgan fingerprint density at radius 2 is 1.57 bits per heavy atom. The van der Waals surface area contributed by atoms with Crippen molar-refractivity contribution in [3.8, 4) is 23.0 Å². The van der Waals surface area contributed by atoms with Gasteiger partial charge in [0.05, 0.1) is 19.7 Å². The highest BCUT2D eigenvalue weighted by molar-refractivity contribution is 6.08. The number of nitrogens with one attached hydrogen (secondary N) is 2. The first-order chi connectivity index (χ1) is 16.7. The van der Waals surface area contributed by atoms with Gasteiger partial charge in [-0.3, -0.25) is 9.89 Å². The van der Waals surface area contributed by atoms with E-state index in [1.54, 1.807) is 38.5 Å². The number of amides is 1. The number of alkyl halides is 3. The van der Waals surface area contributed by atoms with Gasteiger partial charge in [0.2, 0.25) is 0 Å². The number of rotatable bonds is 8. The molecule has 182 valence electrons. The van der Waals surface area contributed by atoms with Crippen LogP contribution in [0, 0.1) is 0 Å². The van der Waals surface area contributed by atoms with Crippen LogP contribution in [0.5, 0.6) is 23.0 Å². The van der Waals surface area contributed by atoms with Crippen LogP contribution in [0.3, 0.4) is 0 Å². The van der Waals surface area contributed by atoms with Crippen molar-refractivity contribution in [2.45, 2.75) is 13.0 Å². The summed E-state index contributed by atoms with van der Waals surface area (Å²) in [7, 11) is 3.12. The Morgan fingerprint density at radius 1 is 0.914 bits per heavy atom. The fourth-order valence-electron chi connectivity index (χ4n) is 3.28. The Kier molecular flexibility index (Phi) is 6.67. The quantitative estimate of drug-likeness (QED) is 0.350. The van der Waals surface area contributed by atoms with Crippen molar-refractivity contribution in [3.05, 3.63) is 71.8 Å². The fourth-order valence-corrected chi connectivity index (χ4v) is 3.28. The second-order valence-corrected chi connectivity index (χ2v) is 7.32. The van der Waals surface area contributed by atoms with Crippen LogP contribution in [0.4, 0.5) is 19.0 Å². The number of aromatic amines is 1. The minimum atomic E-state index is -4.81. The predicted octanol–water partition coefficient (Wildman–Crippen LogP) is 5.31. The number of carbonyl (C=O) groups is 1. The number of ether oxygens (including phenoxy) is 4. The molecule has 1 heterocycles. The molecule has 4 aromatic rings. The van der Waals surface area contributed by atoms with E-state index >= 15 is 0 Å². The minimum Gasteiger partial charge on any atom is -0.497 e. The van der Waals surface area contributed by atoms with E-state index in [0.717, 1.165) is 17.7 Å². The van der Waals surface area contributed by atoms with Crippen molar-refractivity contribution in [2.24, 2.45) is 0 Å². The van der Waals surface area contributed by atoms with Gasteiger partial charge in [-0.1, -0.05) is 0 Å². The largest absolute Gasteiger partial charge is 0.573 e. The van der Waals surface area contributed by atoms with Crippen LogP contribution in [0.1, 0.15) is 15.9 Å². The maximum Gasteiger partial charge on any atom is 0.573 e. The van der Waals surface area contributed by atoms with Crippen molar-refractivity contribution in [1.82, 2.24) is 10.2 Å². The second-order valence-electron chi connectivity index (χ2n) is 7.32. The van der Waals surface area contributed by atoms with Gasteiger partial charge in [0.25, 0.3) is 5.91 Å². The van der Waals surface area contributed by atoms with Crippen LogP contribution in [0.25, 0.3) is 10.9 Å². The van der Waals surface area contributed by atoms with E-state index in [4.69, 9.17) is 14.2 Å². The molecule has 0 radical (unpaired) electrons. The van der Waals surface area contributed by atoms with Crippen molar-refractivity contribution < 1.29 is 36.9 Å². The molecular weight excluding hydrogens is 467 g/mol. The summed E-state index contributed by atoms with van der Waals surface area (Å²) in [5.41, 5.74) is 1.62. The first-order valence-electron chi connectivity index (χ1n) is 10.2. The first kappa shape index (κ1) is 23.7. The summed E-state index contributed by atoms with van der Waals surface area (Å²) >= 11 is 0. The standard InChI is InChI=1S/C24H20F3N3O5/c1-32-18-9-14(10-19(11-18)33-2)13-34-17-7-8-21-20(12-17)22(30-29-21)28-23(31)15-3-5-16(6-4-15)35-24(25,26)27/h3-12H,13H2,1-2H3,(H2,28,29,30,31). The Balaban J connectivity index is 1.47. The summed E-state index contributed by atoms with van der Waals surface area (Å²) in [4.78, 5) is 12.6. The molecule has 8 nitrogen and oxygen atoms in total. The zero-order valence-electron chi connectivity index (χ0n) is 18.6. The number of carbonyl (C=O) groups excluding carboxylic acids is 1. The SMILES string of the molecule is COc1cc(COc2ccc3[nH]nc(NC(=O)c4ccc(OC(F)(F)F)cc4)c3c2)cc(OC)c1. The molecule has 0 spiro atoms. The highest BCUT2D eigenvalue weighted by atomic mass is 19.4. The number of halogens is 3. The molecule has 1 aromatic heterocycles. The van der Waals surface area contributed by atoms with E-state index in [0.29, 0.717) is 28.2 Å². The number of nitrogens with zero attached hydrogens (tertiary/aromatic N) is 1. The predicted molar refractivity (Wildman–Crippen MR) is 121 cm³/mol. The van der Waals surface area contributed by atoms with Gasteiger partial charge in [-0.2, -0.15) is 5.10 Å². The van der Waals surface area contributed by atoms with Crippen molar-refractivity contribution >= 4 is 22.6 Å². The van der Waals surface area contributed by atoms with Crippen LogP contribution in [-0.2, 0) is 6.61 Å². The molecule has 0 saturated heterocycles. The minimum absolute atomic E-state index is 0.134. The summed E-state index contributed by atoms with van der Waals surface area (Å²) in [5.74, 6) is 1.08. The zero-order valence-corrected chi connectivity index (χ0v) is 18.6. The average molecular weight is 487 g/mol. The number of aromatic nitrogens is 2. The lowest BCUT2D eigenvalue weighted by Gasteiger charge is -2.10. The Hall–Kier alpha value is -4.41. The number of fused-ring (bicyclic) bond motifs is 1. The van der Waals surface area contributed by atoms with Crippen LogP contribution in [0.2, 0.25) is 0 Å². The normalized spacial score (nSPS) is 11.2. The maximum absolute atomic E-state index is 12.6. The maximum atomic E-state index is 12.6. The molecule has 0 saturated carbocycles. The molecule has 0 atom stereocenters. The number of methoxy groups -OCH3 is 2. The van der Waals surface area contributed by atoms with Gasteiger partial charge in [-0.15, -0.1) is 13.2 Å². The summed E-state index contributed by atoms with van der Waals surface area (Å²) in [6.45, 7) is 0.241. The topological polar surface area (TPSA) is 94.7 Å². The van der Waals surface area contributed by atoms with Crippen molar-refractivity contribution in [2.75, 3.05) is 19.5 Å². The molecule has 0 aliphatic rings. The van der Waals surface area contributed by atoms with Gasteiger partial charge in [0.1, 0.15) is 29.6 Å². The van der Waals surface area contributed by atoms with E-state index in [-0.39, 0.29) is 18.0 Å². The van der Waals surface area contributed by atoms with Crippen LogP contribution >= 0.6 is 0 Å². The first-order valence-corrected chi connectivity index (χ1v) is 10.2. The lowest BCUT2D eigenvalue weighted by molar-refractivity contribution is -0.274. The molecule has 0 aliphatic carbocycles. The number of hydrogen-bond donors (Lipinski definition) is 2. The molecule has 0 unspecified atom stereocenters. The van der Waals surface area contributed by atoms with Gasteiger partial charge in [0, 0.05) is 17.0 Å². The number of benzene rings is 3. The zero-order chi connectivity index (χ0) is 25.0. The van der Waals surface area contributed by atoms with E-state index in [1.807, 2.05) is 12.1 Å². The molecule has 3 aromatic carbocycles. The second kappa shape index (κ2) is 9.84. The van der Waals surface area contributed by atoms with Crippen LogP contribution in [0.15, 0.2) is 60.7 Å². The molecule has 11 heteroatoms. The Morgan fingerprint density at radius 3 is 2.20 bits per heavy atom. The lowest BCUT2D eigenvalue weighted by atomic mass is 10.2. The van der Waals surface area contributed by atoms with Gasteiger partial charge in [0.15, 0.2) is 5.82 Å². The lowest BCUT2D eigenvalue weighted by Crippen LogP contribution is -2.17. The molecular formula is C24H20F3N3O5. The molecule has 0 aliphatic heterocycles. The monoisotopic (exact) mass is 487 g/mol. The summed E-state index contributed by atoms with van der Waals surface area (Å²) in [6, 6.07) is 15.2. The molecule has 1 amide bonds. The fraction of sp³-hybridized carbons (Fsp3) is 0.167. The van der Waals surface area contributed by atoms with Crippen molar-refractivity contribution in [1.29, 1.82) is 0 Å². The molecule has 0 bridgehead atoms. The smallest absolute Gasteiger partial charge is 0.497 e. The van der Waals surface area contributed by atoms with Gasteiger partial charge < -0.3 is 24.3 Å². The molecule has 35 heavy (non-hydrogen) atoms. The van der Waals surface area contributed by atoms with E-state index in [1.165, 1.54) is 12.1 Å². The number of anilines is 1. The van der Waals surface area contributed by atoms with Crippen molar-refractivity contribution in [3.63, 3.8) is 0 Å². The highest BCUT2D eigenvalue weighted by Crippen LogP contribution is 2.28. The third kappa shape index (κ3) is 5.94. The highest BCUT2D eigenvalue weighted by Gasteiger charge is 2.31. The Labute approximate surface area is 197 Å². The van der Waals surface area contributed by atoms with Gasteiger partial charge in [-0.25, -0.2) is 0 Å². The van der Waals surface area contributed by atoms with E-state index < -0.39 is 18.0 Å². The summed E-state index contributed by atoms with van der Waals surface area (Å²) < 4.78 is 57.2. The van der Waals surface area contributed by atoms with Gasteiger partial charge in [-0.05, 0) is 60.2 Å². The average Bonchev–Trinajstić information content (AvgIpc) is 3.23. The van der Waals surface area contributed by atoms with Gasteiger partial charge >= 0.3 is 6.36 Å². The van der Waals surface area contributed by atoms with E-state index in [2.05, 4.69) is 20.3 Å². The van der Waals surface area contributed by atoms with Crippen LogP contribution in [-0.4, -0.2) is 36.7 Å². The molecule has 0 fully saturated rings. The Bertz CT molecular complexity index is 1310. The van der Waals surface area contributed by atoms with E-state index in [9.17, 15) is 18.0 Å². The van der Waals surface area contributed by atoms with Crippen LogP contribution < -0.4 is 24.3 Å². The third-order valence-electron chi connectivity index (χ3n) is 4.93. The molecule has 2 N–H and O–H groups in total. The third-order valence-corrected chi connectivity index (χ3v) is 4.93. The number of H-pyrrole nitrogens is 1. The molecule has 4 rings (SSSR count). The summed E-state index contributed by atoms with van der Waals surface area (Å²) in [6.07, 6.45) is -4.81.